The van der Waals surface area contributed by atoms with Crippen molar-refractivity contribution in [3.05, 3.63) is 151 Å². The Morgan fingerprint density at radius 2 is 1.61 bits per heavy atom. The van der Waals surface area contributed by atoms with Crippen molar-refractivity contribution in [2.24, 2.45) is 0 Å². The van der Waals surface area contributed by atoms with Crippen molar-refractivity contribution >= 4 is 33.2 Å². The molecular formula is C42H33N4O2Pt-3. The summed E-state index contributed by atoms with van der Waals surface area (Å²) in [5, 5.41) is 2.15. The second-order valence-electron chi connectivity index (χ2n) is 13.5. The molecule has 7 aromatic rings. The third-order valence-corrected chi connectivity index (χ3v) is 9.27. The van der Waals surface area contributed by atoms with Crippen LogP contribution in [0.4, 0.5) is 5.69 Å². The number of oxazole rings is 1. The van der Waals surface area contributed by atoms with Crippen molar-refractivity contribution in [2.75, 3.05) is 11.9 Å². The zero-order valence-corrected chi connectivity index (χ0v) is 29.9. The minimum absolute atomic E-state index is 0. The Bertz CT molecular complexity index is 2400. The van der Waals surface area contributed by atoms with E-state index in [-0.39, 0.29) is 26.5 Å². The number of para-hydroxylation sites is 1. The number of hydrogen-bond donors (Lipinski definition) is 0. The molecular weight excluding hydrogens is 788 g/mol. The van der Waals surface area contributed by atoms with Crippen molar-refractivity contribution in [3.63, 3.8) is 0 Å². The van der Waals surface area contributed by atoms with Gasteiger partial charge in [0.1, 0.15) is 5.76 Å². The van der Waals surface area contributed by atoms with Gasteiger partial charge in [0, 0.05) is 49.2 Å². The van der Waals surface area contributed by atoms with E-state index < -0.39 is 0 Å². The molecule has 0 amide bonds. The number of anilines is 1. The summed E-state index contributed by atoms with van der Waals surface area (Å²) in [5.74, 6) is 2.04. The Kier molecular flexibility index (Phi) is 7.53. The molecule has 0 N–H and O–H groups in total. The topological polar surface area (TPSA) is 46.7 Å². The first-order valence-electron chi connectivity index (χ1n) is 16.2. The van der Waals surface area contributed by atoms with Gasteiger partial charge in [-0.2, -0.15) is 12.7 Å². The van der Waals surface area contributed by atoms with E-state index >= 15 is 0 Å². The fourth-order valence-electron chi connectivity index (χ4n) is 6.88. The van der Waals surface area contributed by atoms with Crippen LogP contribution in [0.25, 0.3) is 44.6 Å². The summed E-state index contributed by atoms with van der Waals surface area (Å²) < 4.78 is 15.0. The molecule has 0 radical (unpaired) electrons. The van der Waals surface area contributed by atoms with Crippen LogP contribution >= 0.6 is 0 Å². The maximum absolute atomic E-state index is 6.66. The Balaban J connectivity index is 0.00000348. The standard InChI is InChI=1S/C42H33N4O2.Pt/c1-42(2,3)40-24-43-41(48-40)46-36-17-11-10-16-32(36)33-19-18-29(22-38(33)46)47-30-21-34-31-15-9-8-14-28(31)20-35(34)37(23-30)45-25-39(44(4)26-45)27-12-6-5-7-13-27;/h5-19,21,24-26H,20H2,1-4H3;/q-3;. The molecule has 6 nitrogen and oxygen atoms in total. The monoisotopic (exact) mass is 820 g/mol. The van der Waals surface area contributed by atoms with Crippen LogP contribution in [-0.2, 0) is 32.9 Å². The van der Waals surface area contributed by atoms with Crippen molar-refractivity contribution in [1.82, 2.24) is 14.5 Å². The SMILES string of the molecule is CN1[CH-]N(c2[c-]c(Oc3[c-]c4c(cc3)c3ccccc3n4-c3ncc(C(C)(C)C)o3)cc3c2Cc2ccccc2-3)C=C1c1ccccc1.[Pt]. The van der Waals surface area contributed by atoms with Crippen LogP contribution in [0.3, 0.4) is 0 Å². The summed E-state index contributed by atoms with van der Waals surface area (Å²) in [6.07, 6.45) is 4.83. The smallest absolute Gasteiger partial charge is 0.304 e. The Morgan fingerprint density at radius 3 is 2.43 bits per heavy atom. The molecule has 2 aliphatic rings. The summed E-state index contributed by atoms with van der Waals surface area (Å²) in [5.41, 5.74) is 9.85. The molecule has 0 spiro atoms. The minimum atomic E-state index is -0.166. The maximum Gasteiger partial charge on any atom is 0.304 e. The van der Waals surface area contributed by atoms with E-state index in [9.17, 15) is 0 Å². The number of hydrogen-bond acceptors (Lipinski definition) is 5. The molecule has 0 fully saturated rings. The Hall–Kier alpha value is -5.06. The minimum Gasteiger partial charge on any atom is -0.509 e. The fraction of sp³-hybridized carbons (Fsp3) is 0.143. The van der Waals surface area contributed by atoms with E-state index in [0.29, 0.717) is 17.5 Å². The van der Waals surface area contributed by atoms with Crippen LogP contribution in [0.2, 0.25) is 0 Å². The fourth-order valence-corrected chi connectivity index (χ4v) is 6.88. The third kappa shape index (κ3) is 5.26. The van der Waals surface area contributed by atoms with E-state index in [1.807, 2.05) is 29.0 Å². The molecule has 1 aliphatic heterocycles. The van der Waals surface area contributed by atoms with Crippen LogP contribution in [0, 0.1) is 18.8 Å². The van der Waals surface area contributed by atoms with Gasteiger partial charge in [0.05, 0.1) is 6.20 Å². The molecule has 3 heterocycles. The first-order valence-corrected chi connectivity index (χ1v) is 16.2. The van der Waals surface area contributed by atoms with Gasteiger partial charge in [-0.25, -0.2) is 4.98 Å². The van der Waals surface area contributed by atoms with Crippen molar-refractivity contribution in [3.8, 4) is 28.6 Å². The van der Waals surface area contributed by atoms with E-state index in [1.54, 1.807) is 0 Å². The van der Waals surface area contributed by atoms with E-state index in [4.69, 9.17) is 14.1 Å². The first kappa shape index (κ1) is 31.2. The van der Waals surface area contributed by atoms with Gasteiger partial charge in [-0.1, -0.05) is 105 Å². The van der Waals surface area contributed by atoms with E-state index in [2.05, 4.69) is 141 Å². The molecule has 7 heteroatoms. The molecule has 0 saturated heterocycles. The van der Waals surface area contributed by atoms with Crippen LogP contribution in [0.1, 0.15) is 43.2 Å². The van der Waals surface area contributed by atoms with Crippen molar-refractivity contribution in [1.29, 1.82) is 0 Å². The van der Waals surface area contributed by atoms with Gasteiger partial charge in [0.2, 0.25) is 0 Å². The van der Waals surface area contributed by atoms with Gasteiger partial charge in [-0.05, 0) is 47.8 Å². The second kappa shape index (κ2) is 11.8. The van der Waals surface area contributed by atoms with Gasteiger partial charge >= 0.3 is 6.01 Å². The summed E-state index contributed by atoms with van der Waals surface area (Å²) in [4.78, 5) is 9.02. The molecule has 0 unspecified atom stereocenters. The molecule has 246 valence electrons. The summed E-state index contributed by atoms with van der Waals surface area (Å²) in [7, 11) is 2.08. The molecule has 0 atom stereocenters. The number of fused-ring (bicyclic) bond motifs is 6. The predicted octanol–water partition coefficient (Wildman–Crippen LogP) is 9.90. The van der Waals surface area contributed by atoms with E-state index in [1.165, 1.54) is 16.7 Å². The first-order chi connectivity index (χ1) is 23.3. The molecule has 49 heavy (non-hydrogen) atoms. The Morgan fingerprint density at radius 1 is 0.837 bits per heavy atom. The zero-order chi connectivity index (χ0) is 32.6. The van der Waals surface area contributed by atoms with Crippen LogP contribution in [0.5, 0.6) is 11.5 Å². The number of rotatable bonds is 5. The van der Waals surface area contributed by atoms with Gasteiger partial charge < -0.3 is 19.0 Å². The van der Waals surface area contributed by atoms with Crippen LogP contribution in [-0.4, -0.2) is 21.5 Å². The molecule has 1 aliphatic carbocycles. The van der Waals surface area contributed by atoms with Crippen LogP contribution < -0.4 is 9.64 Å². The number of aromatic nitrogens is 2. The van der Waals surface area contributed by atoms with Gasteiger partial charge in [0.15, 0.2) is 0 Å². The normalized spacial score (nSPS) is 13.8. The average Bonchev–Trinajstić information content (AvgIpc) is 3.88. The molecule has 0 saturated carbocycles. The van der Waals surface area contributed by atoms with E-state index in [0.717, 1.165) is 56.5 Å². The second-order valence-corrected chi connectivity index (χ2v) is 13.5. The molecule has 0 bridgehead atoms. The van der Waals surface area contributed by atoms with Gasteiger partial charge in [-0.3, -0.25) is 4.57 Å². The summed E-state index contributed by atoms with van der Waals surface area (Å²) in [6, 6.07) is 41.3. The number of ether oxygens (including phenoxy) is 1. The third-order valence-electron chi connectivity index (χ3n) is 9.27. The summed E-state index contributed by atoms with van der Waals surface area (Å²) in [6.45, 7) is 8.48. The average molecular weight is 821 g/mol. The predicted molar refractivity (Wildman–Crippen MR) is 191 cm³/mol. The van der Waals surface area contributed by atoms with Crippen LogP contribution in [0.15, 0.2) is 114 Å². The number of nitrogens with zero attached hydrogens (tertiary/aromatic N) is 4. The molecule has 2 aromatic heterocycles. The van der Waals surface area contributed by atoms with Gasteiger partial charge in [0.25, 0.3) is 0 Å². The zero-order valence-electron chi connectivity index (χ0n) is 27.6. The molecule has 5 aromatic carbocycles. The van der Waals surface area contributed by atoms with Crippen molar-refractivity contribution < 1.29 is 30.2 Å². The maximum atomic E-state index is 6.66. The quantitative estimate of drug-likeness (QED) is 0.162. The van der Waals surface area contributed by atoms with Crippen molar-refractivity contribution in [2.45, 2.75) is 32.6 Å². The molecule has 9 rings (SSSR count). The number of benzene rings is 5. The van der Waals surface area contributed by atoms with Gasteiger partial charge in [-0.15, -0.1) is 40.8 Å². The largest absolute Gasteiger partial charge is 0.509 e. The Labute approximate surface area is 300 Å². The summed E-state index contributed by atoms with van der Waals surface area (Å²) >= 11 is 0.